The highest BCUT2D eigenvalue weighted by atomic mass is 32.2. The zero-order valence-corrected chi connectivity index (χ0v) is 11.3. The van der Waals surface area contributed by atoms with E-state index in [0.29, 0.717) is 5.69 Å². The maximum atomic E-state index is 12.1. The van der Waals surface area contributed by atoms with Gasteiger partial charge in [0.2, 0.25) is 5.91 Å². The summed E-state index contributed by atoms with van der Waals surface area (Å²) in [6.07, 6.45) is 0. The first-order valence-corrected chi connectivity index (χ1v) is 7.36. The predicted molar refractivity (Wildman–Crippen MR) is 69.4 cm³/mol. The van der Waals surface area contributed by atoms with Gasteiger partial charge in [0.15, 0.2) is 9.84 Å². The molecular formula is C12H16N2O3S. The van der Waals surface area contributed by atoms with E-state index in [-0.39, 0.29) is 29.6 Å². The summed E-state index contributed by atoms with van der Waals surface area (Å²) >= 11 is 0. The number of carbonyl (C=O) groups excluding carboxylic acids is 1. The maximum Gasteiger partial charge on any atom is 0.240 e. The zero-order valence-electron chi connectivity index (χ0n) is 10.4. The zero-order chi connectivity index (χ0) is 13.5. The molecule has 0 fully saturated rings. The highest BCUT2D eigenvalue weighted by molar-refractivity contribution is 7.91. The van der Waals surface area contributed by atoms with Gasteiger partial charge in [0.25, 0.3) is 0 Å². The van der Waals surface area contributed by atoms with Gasteiger partial charge in [-0.05, 0) is 31.0 Å². The highest BCUT2D eigenvalue weighted by Crippen LogP contribution is 2.34. The van der Waals surface area contributed by atoms with E-state index in [9.17, 15) is 13.2 Å². The lowest BCUT2D eigenvalue weighted by atomic mass is 10.1. The molecule has 1 aliphatic rings. The smallest absolute Gasteiger partial charge is 0.240 e. The van der Waals surface area contributed by atoms with Gasteiger partial charge in [-0.15, -0.1) is 0 Å². The quantitative estimate of drug-likeness (QED) is 0.798. The molecule has 0 atom stereocenters. The summed E-state index contributed by atoms with van der Waals surface area (Å²) in [4.78, 5) is 13.5. The summed E-state index contributed by atoms with van der Waals surface area (Å²) in [7, 11) is -3.30. The number of hydrogen-bond acceptors (Lipinski definition) is 4. The SMILES string of the molecule is Cc1cc(C)c2c(c1)S(=O)(=O)CCN2C(=O)CN. The molecule has 0 aromatic heterocycles. The molecular weight excluding hydrogens is 252 g/mol. The van der Waals surface area contributed by atoms with Crippen molar-refractivity contribution in [1.29, 1.82) is 0 Å². The number of amides is 1. The van der Waals surface area contributed by atoms with Crippen molar-refractivity contribution in [2.45, 2.75) is 18.7 Å². The number of hydrogen-bond donors (Lipinski definition) is 1. The monoisotopic (exact) mass is 268 g/mol. The topological polar surface area (TPSA) is 80.5 Å². The number of rotatable bonds is 1. The van der Waals surface area contributed by atoms with Gasteiger partial charge < -0.3 is 10.6 Å². The molecule has 18 heavy (non-hydrogen) atoms. The van der Waals surface area contributed by atoms with Crippen molar-refractivity contribution in [2.24, 2.45) is 5.73 Å². The molecule has 2 N–H and O–H groups in total. The van der Waals surface area contributed by atoms with Gasteiger partial charge >= 0.3 is 0 Å². The van der Waals surface area contributed by atoms with Crippen LogP contribution < -0.4 is 10.6 Å². The molecule has 0 saturated heterocycles. The Morgan fingerprint density at radius 3 is 2.67 bits per heavy atom. The third-order valence-electron chi connectivity index (χ3n) is 3.07. The van der Waals surface area contributed by atoms with Crippen molar-refractivity contribution in [3.05, 3.63) is 23.3 Å². The molecule has 0 radical (unpaired) electrons. The second-order valence-corrected chi connectivity index (χ2v) is 6.57. The Balaban J connectivity index is 2.70. The van der Waals surface area contributed by atoms with Crippen LogP contribution in [0.2, 0.25) is 0 Å². The number of benzene rings is 1. The van der Waals surface area contributed by atoms with Crippen molar-refractivity contribution >= 4 is 21.4 Å². The molecule has 98 valence electrons. The van der Waals surface area contributed by atoms with Gasteiger partial charge in [0.1, 0.15) is 0 Å². The van der Waals surface area contributed by atoms with Crippen molar-refractivity contribution in [1.82, 2.24) is 0 Å². The molecule has 0 aliphatic carbocycles. The number of nitrogens with two attached hydrogens (primary N) is 1. The normalized spacial score (nSPS) is 17.4. The standard InChI is InChI=1S/C12H16N2O3S/c1-8-5-9(2)12-10(6-8)18(16,17)4-3-14(12)11(15)7-13/h5-6H,3-4,7,13H2,1-2H3. The number of nitrogens with zero attached hydrogens (tertiary/aromatic N) is 1. The number of fused-ring (bicyclic) bond motifs is 1. The van der Waals surface area contributed by atoms with Crippen LogP contribution in [-0.2, 0) is 14.6 Å². The van der Waals surface area contributed by atoms with Crippen LogP contribution in [0.5, 0.6) is 0 Å². The fourth-order valence-electron chi connectivity index (χ4n) is 2.30. The Kier molecular flexibility index (Phi) is 3.16. The summed E-state index contributed by atoms with van der Waals surface area (Å²) < 4.78 is 24.1. The largest absolute Gasteiger partial charge is 0.322 e. The number of carbonyl (C=O) groups is 1. The molecule has 0 saturated carbocycles. The fraction of sp³-hybridized carbons (Fsp3) is 0.417. The first-order chi connectivity index (χ1) is 8.36. The number of anilines is 1. The van der Waals surface area contributed by atoms with Crippen molar-refractivity contribution in [2.75, 3.05) is 23.7 Å². The van der Waals surface area contributed by atoms with Crippen LogP contribution in [0.1, 0.15) is 11.1 Å². The Labute approximate surface area is 107 Å². The Morgan fingerprint density at radius 1 is 1.39 bits per heavy atom. The van der Waals surface area contributed by atoms with E-state index in [4.69, 9.17) is 5.73 Å². The Morgan fingerprint density at radius 2 is 2.06 bits per heavy atom. The molecule has 2 rings (SSSR count). The second kappa shape index (κ2) is 4.37. The summed E-state index contributed by atoms with van der Waals surface area (Å²) in [5, 5.41) is 0. The molecule has 1 aromatic carbocycles. The molecule has 0 unspecified atom stereocenters. The molecule has 1 aliphatic heterocycles. The number of aryl methyl sites for hydroxylation is 2. The minimum atomic E-state index is -3.30. The first-order valence-electron chi connectivity index (χ1n) is 5.71. The van der Waals surface area contributed by atoms with E-state index in [0.717, 1.165) is 11.1 Å². The molecule has 1 amide bonds. The predicted octanol–water partition coefficient (Wildman–Crippen LogP) is 0.382. The second-order valence-electron chi connectivity index (χ2n) is 4.50. The van der Waals surface area contributed by atoms with Crippen molar-refractivity contribution in [3.8, 4) is 0 Å². The van der Waals surface area contributed by atoms with E-state index in [1.54, 1.807) is 6.07 Å². The van der Waals surface area contributed by atoms with Gasteiger partial charge in [0, 0.05) is 6.54 Å². The number of sulfone groups is 1. The third kappa shape index (κ3) is 2.02. The van der Waals surface area contributed by atoms with E-state index in [2.05, 4.69) is 0 Å². The Bertz CT molecular complexity index is 608. The molecule has 0 bridgehead atoms. The first kappa shape index (κ1) is 13.0. The molecule has 1 aromatic rings. The molecule has 1 heterocycles. The van der Waals surface area contributed by atoms with Crippen LogP contribution in [0.3, 0.4) is 0 Å². The van der Waals surface area contributed by atoms with Gasteiger partial charge in [-0.2, -0.15) is 0 Å². The lowest BCUT2D eigenvalue weighted by molar-refractivity contribution is -0.117. The fourth-order valence-corrected chi connectivity index (χ4v) is 3.87. The van der Waals surface area contributed by atoms with Gasteiger partial charge in [0.05, 0.1) is 22.9 Å². The van der Waals surface area contributed by atoms with Gasteiger partial charge in [-0.1, -0.05) is 6.07 Å². The third-order valence-corrected chi connectivity index (χ3v) is 4.78. The molecule has 6 heteroatoms. The average molecular weight is 268 g/mol. The lowest BCUT2D eigenvalue weighted by Gasteiger charge is -2.30. The van der Waals surface area contributed by atoms with Crippen molar-refractivity contribution in [3.63, 3.8) is 0 Å². The minimum absolute atomic E-state index is 0.0470. The van der Waals surface area contributed by atoms with E-state index in [1.165, 1.54) is 4.90 Å². The Hall–Kier alpha value is -1.40. The van der Waals surface area contributed by atoms with Gasteiger partial charge in [-0.25, -0.2) is 8.42 Å². The van der Waals surface area contributed by atoms with Gasteiger partial charge in [-0.3, -0.25) is 4.79 Å². The maximum absolute atomic E-state index is 12.1. The van der Waals surface area contributed by atoms with Crippen LogP contribution in [0.25, 0.3) is 0 Å². The van der Waals surface area contributed by atoms with Crippen LogP contribution in [0.4, 0.5) is 5.69 Å². The minimum Gasteiger partial charge on any atom is -0.322 e. The van der Waals surface area contributed by atoms with Crippen LogP contribution in [0, 0.1) is 13.8 Å². The van der Waals surface area contributed by atoms with Crippen LogP contribution in [0.15, 0.2) is 17.0 Å². The lowest BCUT2D eigenvalue weighted by Crippen LogP contribution is -2.43. The summed E-state index contributed by atoms with van der Waals surface area (Å²) in [6, 6.07) is 3.49. The van der Waals surface area contributed by atoms with Crippen LogP contribution in [-0.4, -0.2) is 33.2 Å². The van der Waals surface area contributed by atoms with Crippen molar-refractivity contribution < 1.29 is 13.2 Å². The average Bonchev–Trinajstić information content (AvgIpc) is 2.29. The summed E-state index contributed by atoms with van der Waals surface area (Å²) in [5.74, 6) is -0.299. The highest BCUT2D eigenvalue weighted by Gasteiger charge is 2.32. The van der Waals surface area contributed by atoms with E-state index in [1.807, 2.05) is 19.9 Å². The molecule has 0 spiro atoms. The summed E-state index contributed by atoms with van der Waals surface area (Å²) in [5.41, 5.74) is 7.51. The van der Waals surface area contributed by atoms with Crippen LogP contribution >= 0.6 is 0 Å². The molecule has 5 nitrogen and oxygen atoms in total. The van der Waals surface area contributed by atoms with E-state index < -0.39 is 9.84 Å². The summed E-state index contributed by atoms with van der Waals surface area (Å²) in [6.45, 7) is 3.71. The van der Waals surface area contributed by atoms with E-state index >= 15 is 0 Å².